The van der Waals surface area contributed by atoms with Gasteiger partial charge in [0, 0.05) is 31.0 Å². The molecule has 4 N–H and O–H groups in total. The number of aryl methyl sites for hydroxylation is 1. The highest BCUT2D eigenvalue weighted by Crippen LogP contribution is 2.17. The van der Waals surface area contributed by atoms with E-state index < -0.39 is 0 Å². The molecule has 1 fully saturated rings. The van der Waals surface area contributed by atoms with Gasteiger partial charge in [-0.15, -0.1) is 0 Å². The summed E-state index contributed by atoms with van der Waals surface area (Å²) in [6.45, 7) is 5.50. The first-order chi connectivity index (χ1) is 11.0. The van der Waals surface area contributed by atoms with E-state index in [1.54, 1.807) is 0 Å². The number of benzene rings is 1. The molecule has 0 aromatic heterocycles. The number of hydrogen-bond acceptors (Lipinski definition) is 4. The maximum absolute atomic E-state index is 12.1. The Balaban J connectivity index is 1.72. The SMILES string of the molecule is CC(=O)NCCN[C@@H]1NCC1NC(=O)Cc1ccc(Br)c(C)c1. The van der Waals surface area contributed by atoms with Crippen LogP contribution >= 0.6 is 15.9 Å². The molecule has 126 valence electrons. The number of hydrogen-bond donors (Lipinski definition) is 4. The molecule has 23 heavy (non-hydrogen) atoms. The molecule has 0 bridgehead atoms. The zero-order chi connectivity index (χ0) is 16.8. The molecule has 2 atom stereocenters. The molecule has 1 heterocycles. The third-order valence-corrected chi connectivity index (χ3v) is 4.65. The quantitative estimate of drug-likeness (QED) is 0.515. The van der Waals surface area contributed by atoms with E-state index in [1.807, 2.05) is 25.1 Å². The molecule has 1 aromatic carbocycles. The molecule has 0 radical (unpaired) electrons. The third-order valence-electron chi connectivity index (χ3n) is 3.76. The number of rotatable bonds is 7. The van der Waals surface area contributed by atoms with Crippen molar-refractivity contribution < 1.29 is 9.59 Å². The van der Waals surface area contributed by atoms with Crippen LogP contribution in [0.15, 0.2) is 22.7 Å². The Hall–Kier alpha value is -1.44. The van der Waals surface area contributed by atoms with Crippen LogP contribution in [0.3, 0.4) is 0 Å². The van der Waals surface area contributed by atoms with Crippen LogP contribution in [0, 0.1) is 6.92 Å². The Kier molecular flexibility index (Phi) is 6.56. The fourth-order valence-electron chi connectivity index (χ4n) is 2.43. The van der Waals surface area contributed by atoms with Crippen molar-refractivity contribution in [2.75, 3.05) is 19.6 Å². The lowest BCUT2D eigenvalue weighted by molar-refractivity contribution is -0.122. The van der Waals surface area contributed by atoms with Crippen molar-refractivity contribution in [3.8, 4) is 0 Å². The average Bonchev–Trinajstić information content (AvgIpc) is 2.47. The Labute approximate surface area is 144 Å². The maximum atomic E-state index is 12.1. The summed E-state index contributed by atoms with van der Waals surface area (Å²) in [5, 5.41) is 12.3. The molecule has 6 nitrogen and oxygen atoms in total. The van der Waals surface area contributed by atoms with Gasteiger partial charge in [-0.3, -0.25) is 20.2 Å². The van der Waals surface area contributed by atoms with Crippen molar-refractivity contribution >= 4 is 27.7 Å². The van der Waals surface area contributed by atoms with E-state index in [1.165, 1.54) is 6.92 Å². The molecular formula is C16H23BrN4O2. The highest BCUT2D eigenvalue weighted by Gasteiger charge is 2.30. The fourth-order valence-corrected chi connectivity index (χ4v) is 2.68. The van der Waals surface area contributed by atoms with Crippen LogP contribution in [0.5, 0.6) is 0 Å². The van der Waals surface area contributed by atoms with Gasteiger partial charge >= 0.3 is 0 Å². The second-order valence-electron chi connectivity index (χ2n) is 5.76. The van der Waals surface area contributed by atoms with Gasteiger partial charge in [0.15, 0.2) is 0 Å². The molecule has 0 aliphatic carbocycles. The Morgan fingerprint density at radius 2 is 2.13 bits per heavy atom. The van der Waals surface area contributed by atoms with Crippen molar-refractivity contribution in [3.05, 3.63) is 33.8 Å². The van der Waals surface area contributed by atoms with E-state index in [9.17, 15) is 9.59 Å². The van der Waals surface area contributed by atoms with Gasteiger partial charge < -0.3 is 10.6 Å². The summed E-state index contributed by atoms with van der Waals surface area (Å²) in [5.74, 6) is -0.0186. The normalized spacial score (nSPS) is 19.8. The van der Waals surface area contributed by atoms with Crippen LogP contribution < -0.4 is 21.3 Å². The molecule has 1 aliphatic heterocycles. The van der Waals surface area contributed by atoms with Crippen molar-refractivity contribution in [2.45, 2.75) is 32.5 Å². The van der Waals surface area contributed by atoms with Crippen molar-refractivity contribution in [1.29, 1.82) is 0 Å². The summed E-state index contributed by atoms with van der Waals surface area (Å²) in [7, 11) is 0. The van der Waals surface area contributed by atoms with Gasteiger partial charge in [-0.2, -0.15) is 0 Å². The van der Waals surface area contributed by atoms with Gasteiger partial charge in [-0.1, -0.05) is 28.1 Å². The molecule has 2 rings (SSSR count). The minimum Gasteiger partial charge on any atom is -0.355 e. The van der Waals surface area contributed by atoms with Gasteiger partial charge in [0.25, 0.3) is 0 Å². The zero-order valence-electron chi connectivity index (χ0n) is 13.4. The molecule has 1 unspecified atom stereocenters. The number of carbonyl (C=O) groups excluding carboxylic acids is 2. The lowest BCUT2D eigenvalue weighted by atomic mass is 10.1. The molecule has 1 saturated heterocycles. The van der Waals surface area contributed by atoms with E-state index in [4.69, 9.17) is 0 Å². The van der Waals surface area contributed by atoms with Gasteiger partial charge in [-0.05, 0) is 24.1 Å². The zero-order valence-corrected chi connectivity index (χ0v) is 15.0. The van der Waals surface area contributed by atoms with E-state index in [0.717, 1.165) is 22.1 Å². The van der Waals surface area contributed by atoms with Crippen LogP contribution in [0.25, 0.3) is 0 Å². The molecule has 1 aromatic rings. The van der Waals surface area contributed by atoms with Gasteiger partial charge in [0.05, 0.1) is 18.6 Å². The lowest BCUT2D eigenvalue weighted by Crippen LogP contribution is -2.70. The van der Waals surface area contributed by atoms with Crippen LogP contribution in [-0.4, -0.2) is 43.7 Å². The first kappa shape index (κ1) is 17.9. The molecule has 1 aliphatic rings. The van der Waals surface area contributed by atoms with Crippen LogP contribution in [0.2, 0.25) is 0 Å². The molecule has 7 heteroatoms. The smallest absolute Gasteiger partial charge is 0.224 e. The summed E-state index contributed by atoms with van der Waals surface area (Å²) in [5.41, 5.74) is 2.13. The van der Waals surface area contributed by atoms with Crippen LogP contribution in [0.1, 0.15) is 18.1 Å². The van der Waals surface area contributed by atoms with Gasteiger partial charge in [0.1, 0.15) is 0 Å². The van der Waals surface area contributed by atoms with E-state index in [-0.39, 0.29) is 24.0 Å². The average molecular weight is 383 g/mol. The monoisotopic (exact) mass is 382 g/mol. The molecular weight excluding hydrogens is 360 g/mol. The van der Waals surface area contributed by atoms with Gasteiger partial charge in [0.2, 0.25) is 11.8 Å². The standard InChI is InChI=1S/C16H23BrN4O2/c1-10-7-12(3-4-13(10)17)8-15(23)21-14-9-20-16(14)19-6-5-18-11(2)22/h3-4,7,14,16,19-20H,5-6,8-9H2,1-2H3,(H,18,22)(H,21,23)/t14?,16-/m1/s1. The van der Waals surface area contributed by atoms with Crippen LogP contribution in [-0.2, 0) is 16.0 Å². The van der Waals surface area contributed by atoms with Crippen molar-refractivity contribution in [1.82, 2.24) is 21.3 Å². The second kappa shape index (κ2) is 8.42. The highest BCUT2D eigenvalue weighted by molar-refractivity contribution is 9.10. The minimum absolute atomic E-state index is 0.0203. The van der Waals surface area contributed by atoms with Gasteiger partial charge in [-0.25, -0.2) is 0 Å². The molecule has 0 saturated carbocycles. The maximum Gasteiger partial charge on any atom is 0.224 e. The first-order valence-corrected chi connectivity index (χ1v) is 8.50. The Morgan fingerprint density at radius 1 is 1.35 bits per heavy atom. The number of amides is 2. The van der Waals surface area contributed by atoms with Crippen molar-refractivity contribution in [3.63, 3.8) is 0 Å². The summed E-state index contributed by atoms with van der Waals surface area (Å²) >= 11 is 3.46. The first-order valence-electron chi connectivity index (χ1n) is 7.71. The summed E-state index contributed by atoms with van der Waals surface area (Å²) in [6, 6.07) is 6.02. The van der Waals surface area contributed by atoms with Crippen molar-refractivity contribution in [2.24, 2.45) is 0 Å². The number of carbonyl (C=O) groups is 2. The Morgan fingerprint density at radius 3 is 2.74 bits per heavy atom. The highest BCUT2D eigenvalue weighted by atomic mass is 79.9. The lowest BCUT2D eigenvalue weighted by Gasteiger charge is -2.39. The predicted molar refractivity (Wildman–Crippen MR) is 93.0 cm³/mol. The molecule has 2 amide bonds. The van der Waals surface area contributed by atoms with E-state index >= 15 is 0 Å². The summed E-state index contributed by atoms with van der Waals surface area (Å²) in [4.78, 5) is 22.9. The number of nitrogens with one attached hydrogen (secondary N) is 4. The predicted octanol–water partition coefficient (Wildman–Crippen LogP) is 0.440. The van der Waals surface area contributed by atoms with E-state index in [2.05, 4.69) is 37.2 Å². The largest absolute Gasteiger partial charge is 0.355 e. The summed E-state index contributed by atoms with van der Waals surface area (Å²) < 4.78 is 1.05. The number of halogens is 1. The van der Waals surface area contributed by atoms with Crippen LogP contribution in [0.4, 0.5) is 0 Å². The molecule has 0 spiro atoms. The fraction of sp³-hybridized carbons (Fsp3) is 0.500. The Bertz CT molecular complexity index is 579. The van der Waals surface area contributed by atoms with E-state index in [0.29, 0.717) is 19.5 Å². The topological polar surface area (TPSA) is 82.3 Å². The second-order valence-corrected chi connectivity index (χ2v) is 6.61. The minimum atomic E-state index is -0.0389. The third kappa shape index (κ3) is 5.60. The summed E-state index contributed by atoms with van der Waals surface area (Å²) in [6.07, 6.45) is 0.433.